The molecule has 9 heteroatoms. The lowest BCUT2D eigenvalue weighted by molar-refractivity contribution is -0.132. The number of rotatable bonds is 4. The third-order valence-corrected chi connectivity index (χ3v) is 5.24. The Bertz CT molecular complexity index is 1180. The van der Waals surface area contributed by atoms with Crippen molar-refractivity contribution >= 4 is 28.3 Å². The summed E-state index contributed by atoms with van der Waals surface area (Å²) in [4.78, 5) is 40.0. The molecule has 0 atom stereocenters. The summed E-state index contributed by atoms with van der Waals surface area (Å²) < 4.78 is 15.4. The van der Waals surface area contributed by atoms with E-state index in [1.165, 1.54) is 13.0 Å². The first kappa shape index (κ1) is 19.7. The maximum absolute atomic E-state index is 14.4. The van der Waals surface area contributed by atoms with E-state index >= 15 is 0 Å². The normalized spacial score (nSPS) is 14.2. The van der Waals surface area contributed by atoms with Crippen LogP contribution in [0.5, 0.6) is 0 Å². The van der Waals surface area contributed by atoms with Crippen molar-refractivity contribution in [3.05, 3.63) is 64.2 Å². The third-order valence-electron chi connectivity index (χ3n) is 5.24. The van der Waals surface area contributed by atoms with E-state index in [1.807, 2.05) is 4.90 Å². The van der Waals surface area contributed by atoms with Crippen LogP contribution in [0, 0.1) is 5.82 Å². The Morgan fingerprint density at radius 1 is 1.07 bits per heavy atom. The van der Waals surface area contributed by atoms with Crippen molar-refractivity contribution in [1.82, 2.24) is 19.9 Å². The van der Waals surface area contributed by atoms with Crippen molar-refractivity contribution in [3.63, 3.8) is 0 Å². The number of hydrogen-bond donors (Lipinski definition) is 0. The molecule has 0 N–H and O–H groups in total. The molecule has 4 rings (SSSR count). The van der Waals surface area contributed by atoms with E-state index in [0.29, 0.717) is 48.3 Å². The first-order valence-corrected chi connectivity index (χ1v) is 9.60. The van der Waals surface area contributed by atoms with E-state index in [1.54, 1.807) is 41.3 Å². The summed E-state index contributed by atoms with van der Waals surface area (Å²) in [6, 6.07) is 11.3. The molecule has 2 aromatic carbocycles. The van der Waals surface area contributed by atoms with Crippen molar-refractivity contribution in [2.75, 3.05) is 31.1 Å². The number of amides is 1. The summed E-state index contributed by atoms with van der Waals surface area (Å²) in [6.07, 6.45) is 0. The fourth-order valence-electron chi connectivity index (χ4n) is 3.53. The minimum atomic E-state index is -0.458. The molecule has 0 saturated carbocycles. The molecule has 0 bridgehead atoms. The van der Waals surface area contributed by atoms with Crippen LogP contribution in [0.3, 0.4) is 0 Å². The highest BCUT2D eigenvalue weighted by Crippen LogP contribution is 2.22. The van der Waals surface area contributed by atoms with E-state index in [2.05, 4.69) is 10.3 Å². The van der Waals surface area contributed by atoms with Crippen LogP contribution >= 0.6 is 0 Å². The molecular formula is C21H20FN5O3. The van der Waals surface area contributed by atoms with Crippen molar-refractivity contribution in [2.24, 2.45) is 0 Å². The van der Waals surface area contributed by atoms with Crippen LogP contribution in [0.25, 0.3) is 10.9 Å². The monoisotopic (exact) mass is 409 g/mol. The number of halogens is 1. The molecule has 154 valence electrons. The van der Waals surface area contributed by atoms with Crippen LogP contribution in [-0.4, -0.2) is 57.8 Å². The van der Waals surface area contributed by atoms with Gasteiger partial charge in [-0.15, -0.1) is 5.10 Å². The zero-order chi connectivity index (χ0) is 21.3. The standard InChI is InChI=1S/C21H20FN5O3/c1-14(28)15-6-7-19(17(22)12-15)25-8-10-26(11-9-25)20(29)13-27-21(30)16-4-2-3-5-18(16)23-24-27/h2-7,12H,8-11,13H2,1H3. The molecule has 8 nitrogen and oxygen atoms in total. The van der Waals surface area contributed by atoms with Gasteiger partial charge in [-0.3, -0.25) is 14.4 Å². The highest BCUT2D eigenvalue weighted by Gasteiger charge is 2.24. The van der Waals surface area contributed by atoms with Gasteiger partial charge in [0.2, 0.25) is 5.91 Å². The molecular weight excluding hydrogens is 389 g/mol. The van der Waals surface area contributed by atoms with E-state index in [9.17, 15) is 18.8 Å². The van der Waals surface area contributed by atoms with E-state index in [-0.39, 0.29) is 23.8 Å². The van der Waals surface area contributed by atoms with E-state index < -0.39 is 5.82 Å². The van der Waals surface area contributed by atoms with Crippen LogP contribution in [0.2, 0.25) is 0 Å². The smallest absolute Gasteiger partial charge is 0.278 e. The third kappa shape index (κ3) is 3.78. The fourth-order valence-corrected chi connectivity index (χ4v) is 3.53. The Hall–Kier alpha value is -3.62. The largest absolute Gasteiger partial charge is 0.366 e. The Labute approximate surface area is 171 Å². The summed E-state index contributed by atoms with van der Waals surface area (Å²) in [7, 11) is 0. The average molecular weight is 409 g/mol. The first-order valence-electron chi connectivity index (χ1n) is 9.60. The second kappa shape index (κ2) is 8.02. The van der Waals surface area contributed by atoms with Gasteiger partial charge >= 0.3 is 0 Å². The van der Waals surface area contributed by atoms with Crippen LogP contribution in [0.15, 0.2) is 47.3 Å². The summed E-state index contributed by atoms with van der Waals surface area (Å²) in [5, 5.41) is 8.26. The van der Waals surface area contributed by atoms with Crippen LogP contribution in [-0.2, 0) is 11.3 Å². The van der Waals surface area contributed by atoms with E-state index in [0.717, 1.165) is 4.68 Å². The minimum absolute atomic E-state index is 0.192. The number of Topliss-reactive ketones (excluding diaryl/α,β-unsaturated/α-hetero) is 1. The molecule has 1 amide bonds. The predicted molar refractivity (Wildman–Crippen MR) is 109 cm³/mol. The lowest BCUT2D eigenvalue weighted by atomic mass is 10.1. The van der Waals surface area contributed by atoms with Crippen molar-refractivity contribution in [3.8, 4) is 0 Å². The number of piperazine rings is 1. The SMILES string of the molecule is CC(=O)c1ccc(N2CCN(C(=O)Cn3nnc4ccccc4c3=O)CC2)c(F)c1. The molecule has 30 heavy (non-hydrogen) atoms. The maximum atomic E-state index is 14.4. The Morgan fingerprint density at radius 3 is 2.50 bits per heavy atom. The second-order valence-electron chi connectivity index (χ2n) is 7.16. The minimum Gasteiger partial charge on any atom is -0.366 e. The molecule has 2 heterocycles. The molecule has 1 aromatic heterocycles. The lowest BCUT2D eigenvalue weighted by Crippen LogP contribution is -2.50. The molecule has 1 aliphatic rings. The van der Waals surface area contributed by atoms with Gasteiger partial charge in [-0.2, -0.15) is 0 Å². The molecule has 1 fully saturated rings. The van der Waals surface area contributed by atoms with Gasteiger partial charge in [-0.05, 0) is 37.3 Å². The highest BCUT2D eigenvalue weighted by atomic mass is 19.1. The molecule has 0 radical (unpaired) electrons. The number of carbonyl (C=O) groups excluding carboxylic acids is 2. The second-order valence-corrected chi connectivity index (χ2v) is 7.16. The van der Waals surface area contributed by atoms with Gasteiger partial charge in [0.25, 0.3) is 5.56 Å². The number of anilines is 1. The van der Waals surface area contributed by atoms with Gasteiger partial charge in [-0.1, -0.05) is 17.3 Å². The molecule has 0 unspecified atom stereocenters. The van der Waals surface area contributed by atoms with Crippen molar-refractivity contribution < 1.29 is 14.0 Å². The average Bonchev–Trinajstić information content (AvgIpc) is 2.76. The number of benzene rings is 2. The summed E-state index contributed by atoms with van der Waals surface area (Å²) in [5.41, 5.74) is 0.855. The molecule has 0 spiro atoms. The van der Waals surface area contributed by atoms with Crippen molar-refractivity contribution in [1.29, 1.82) is 0 Å². The molecule has 3 aromatic rings. The van der Waals surface area contributed by atoms with Gasteiger partial charge in [0.15, 0.2) is 5.78 Å². The topological polar surface area (TPSA) is 88.4 Å². The van der Waals surface area contributed by atoms with E-state index in [4.69, 9.17) is 0 Å². The highest BCUT2D eigenvalue weighted by molar-refractivity contribution is 5.94. The number of ketones is 1. The zero-order valence-corrected chi connectivity index (χ0v) is 16.4. The molecule has 0 aliphatic carbocycles. The number of fused-ring (bicyclic) bond motifs is 1. The Kier molecular flexibility index (Phi) is 5.26. The first-order chi connectivity index (χ1) is 14.4. The summed E-state index contributed by atoms with van der Waals surface area (Å²) >= 11 is 0. The molecule has 1 aliphatic heterocycles. The Morgan fingerprint density at radius 2 is 1.80 bits per heavy atom. The van der Waals surface area contributed by atoms with Gasteiger partial charge < -0.3 is 9.80 Å². The Balaban J connectivity index is 1.42. The number of hydrogen-bond acceptors (Lipinski definition) is 6. The molecule has 1 saturated heterocycles. The predicted octanol–water partition coefficient (Wildman–Crippen LogP) is 1.48. The van der Waals surface area contributed by atoms with Gasteiger partial charge in [0.1, 0.15) is 17.9 Å². The van der Waals surface area contributed by atoms with Crippen molar-refractivity contribution in [2.45, 2.75) is 13.5 Å². The number of carbonyl (C=O) groups is 2. The summed E-state index contributed by atoms with van der Waals surface area (Å²) in [6.45, 7) is 2.87. The quantitative estimate of drug-likeness (QED) is 0.607. The lowest BCUT2D eigenvalue weighted by Gasteiger charge is -2.36. The van der Waals surface area contributed by atoms with Gasteiger partial charge in [0, 0.05) is 31.7 Å². The number of nitrogens with zero attached hydrogens (tertiary/aromatic N) is 5. The van der Waals surface area contributed by atoms with Gasteiger partial charge in [-0.25, -0.2) is 9.07 Å². The zero-order valence-electron chi connectivity index (χ0n) is 16.4. The summed E-state index contributed by atoms with van der Waals surface area (Å²) in [5.74, 6) is -0.892. The van der Waals surface area contributed by atoms with Crippen LogP contribution < -0.4 is 10.5 Å². The maximum Gasteiger partial charge on any atom is 0.278 e. The number of aromatic nitrogens is 3. The van der Waals surface area contributed by atoms with Crippen LogP contribution in [0.4, 0.5) is 10.1 Å². The van der Waals surface area contributed by atoms with Gasteiger partial charge in [0.05, 0.1) is 11.1 Å². The fraction of sp³-hybridized carbons (Fsp3) is 0.286. The van der Waals surface area contributed by atoms with Crippen LogP contribution in [0.1, 0.15) is 17.3 Å².